The van der Waals surface area contributed by atoms with Gasteiger partial charge in [0.05, 0.1) is 12.7 Å². The molecule has 0 aromatic carbocycles. The van der Waals surface area contributed by atoms with Crippen LogP contribution in [0.5, 0.6) is 0 Å². The van der Waals surface area contributed by atoms with Crippen LogP contribution >= 0.6 is 11.3 Å². The maximum Gasteiger partial charge on any atom is 0.180 e. The summed E-state index contributed by atoms with van der Waals surface area (Å²) >= 11 is 1.67. The molecule has 0 fully saturated rings. The molecule has 0 unspecified atom stereocenters. The molecule has 0 radical (unpaired) electrons. The van der Waals surface area contributed by atoms with Crippen LogP contribution in [0.4, 0.5) is 0 Å². The fourth-order valence-corrected chi connectivity index (χ4v) is 1.85. The number of rotatable bonds is 4. The zero-order chi connectivity index (χ0) is 9.80. The summed E-state index contributed by atoms with van der Waals surface area (Å²) in [5.41, 5.74) is 1.08. The number of aryl methyl sites for hydroxylation is 1. The Morgan fingerprint density at radius 3 is 3.07 bits per heavy atom. The Kier molecular flexibility index (Phi) is 2.90. The van der Waals surface area contributed by atoms with E-state index in [1.54, 1.807) is 17.5 Å². The molecule has 0 aliphatic heterocycles. The van der Waals surface area contributed by atoms with E-state index in [-0.39, 0.29) is 0 Å². The largest absolute Gasteiger partial charge is 0.447 e. The van der Waals surface area contributed by atoms with Gasteiger partial charge >= 0.3 is 0 Å². The van der Waals surface area contributed by atoms with Gasteiger partial charge in [-0.15, -0.1) is 11.3 Å². The fourth-order valence-electron chi connectivity index (χ4n) is 1.11. The molecule has 74 valence electrons. The molecule has 14 heavy (non-hydrogen) atoms. The molecule has 0 amide bonds. The summed E-state index contributed by atoms with van der Waals surface area (Å²) in [5.74, 6) is 0.846. The van der Waals surface area contributed by atoms with Crippen LogP contribution in [0.3, 0.4) is 0 Å². The lowest BCUT2D eigenvalue weighted by molar-refractivity contribution is 0.478. The molecular formula is C9H11N3OS. The number of hydrogen-bond acceptors (Lipinski definition) is 5. The maximum absolute atomic E-state index is 5.09. The van der Waals surface area contributed by atoms with E-state index in [9.17, 15) is 0 Å². The second-order valence-electron chi connectivity index (χ2n) is 2.95. The van der Waals surface area contributed by atoms with Gasteiger partial charge in [0.2, 0.25) is 0 Å². The Bertz CT molecular complexity index is 382. The highest BCUT2D eigenvalue weighted by Crippen LogP contribution is 2.08. The fraction of sp³-hybridized carbons (Fsp3) is 0.333. The quantitative estimate of drug-likeness (QED) is 0.833. The van der Waals surface area contributed by atoms with Crippen molar-refractivity contribution < 1.29 is 4.42 Å². The summed E-state index contributed by atoms with van der Waals surface area (Å²) in [5, 5.41) is 6.38. The van der Waals surface area contributed by atoms with Crippen LogP contribution in [-0.2, 0) is 13.1 Å². The van der Waals surface area contributed by atoms with Crippen molar-refractivity contribution in [3.8, 4) is 0 Å². The molecule has 0 aliphatic carbocycles. The molecule has 0 spiro atoms. The van der Waals surface area contributed by atoms with Crippen LogP contribution in [0.15, 0.2) is 22.4 Å². The molecule has 2 aromatic heterocycles. The van der Waals surface area contributed by atoms with Gasteiger partial charge in [0, 0.05) is 17.6 Å². The van der Waals surface area contributed by atoms with E-state index in [1.165, 1.54) is 6.39 Å². The van der Waals surface area contributed by atoms with Gasteiger partial charge in [0.15, 0.2) is 6.39 Å². The minimum absolute atomic E-state index is 0.693. The number of nitrogens with one attached hydrogen (secondary N) is 1. The topological polar surface area (TPSA) is 51.0 Å². The van der Waals surface area contributed by atoms with E-state index in [2.05, 4.69) is 15.3 Å². The third kappa shape index (κ3) is 2.40. The third-order valence-corrected chi connectivity index (χ3v) is 2.69. The summed E-state index contributed by atoms with van der Waals surface area (Å²) in [6.45, 7) is 3.47. The van der Waals surface area contributed by atoms with Gasteiger partial charge in [-0.25, -0.2) is 9.97 Å². The van der Waals surface area contributed by atoms with Gasteiger partial charge in [0.25, 0.3) is 0 Å². The number of aromatic nitrogens is 2. The van der Waals surface area contributed by atoms with Crippen molar-refractivity contribution in [1.82, 2.24) is 15.3 Å². The minimum atomic E-state index is 0.693. The highest BCUT2D eigenvalue weighted by molar-refractivity contribution is 7.09. The zero-order valence-corrected chi connectivity index (χ0v) is 8.67. The van der Waals surface area contributed by atoms with Crippen LogP contribution in [0.1, 0.15) is 16.5 Å². The third-order valence-electron chi connectivity index (χ3n) is 1.73. The first-order valence-corrected chi connectivity index (χ1v) is 5.21. The highest BCUT2D eigenvalue weighted by Gasteiger charge is 1.99. The van der Waals surface area contributed by atoms with E-state index in [0.717, 1.165) is 23.0 Å². The first-order chi connectivity index (χ1) is 6.84. The molecule has 2 heterocycles. The summed E-state index contributed by atoms with van der Waals surface area (Å²) in [4.78, 5) is 8.17. The van der Waals surface area contributed by atoms with Crippen molar-refractivity contribution in [2.45, 2.75) is 20.0 Å². The van der Waals surface area contributed by atoms with E-state index in [4.69, 9.17) is 4.42 Å². The lowest BCUT2D eigenvalue weighted by atomic mass is 10.5. The Morgan fingerprint density at radius 1 is 1.50 bits per heavy atom. The van der Waals surface area contributed by atoms with E-state index < -0.39 is 0 Å². The molecule has 0 bridgehead atoms. The Hall–Kier alpha value is -1.20. The molecule has 0 aliphatic rings. The summed E-state index contributed by atoms with van der Waals surface area (Å²) < 4.78 is 5.09. The summed E-state index contributed by atoms with van der Waals surface area (Å²) in [7, 11) is 0. The molecule has 0 atom stereocenters. The Morgan fingerprint density at radius 2 is 2.43 bits per heavy atom. The van der Waals surface area contributed by atoms with Crippen LogP contribution in [-0.4, -0.2) is 9.97 Å². The van der Waals surface area contributed by atoms with Crippen LogP contribution in [0, 0.1) is 6.92 Å². The first kappa shape index (κ1) is 9.36. The summed E-state index contributed by atoms with van der Waals surface area (Å²) in [6.07, 6.45) is 3.14. The minimum Gasteiger partial charge on any atom is -0.447 e. The van der Waals surface area contributed by atoms with E-state index in [1.807, 2.05) is 12.3 Å². The van der Waals surface area contributed by atoms with Crippen molar-refractivity contribution >= 4 is 11.3 Å². The lowest BCUT2D eigenvalue weighted by Crippen LogP contribution is -2.11. The molecule has 2 aromatic rings. The zero-order valence-electron chi connectivity index (χ0n) is 7.86. The van der Waals surface area contributed by atoms with Gasteiger partial charge < -0.3 is 9.73 Å². The van der Waals surface area contributed by atoms with Gasteiger partial charge in [-0.3, -0.25) is 0 Å². The second kappa shape index (κ2) is 4.34. The van der Waals surface area contributed by atoms with Crippen molar-refractivity contribution in [3.63, 3.8) is 0 Å². The Labute approximate surface area is 86.0 Å². The average Bonchev–Trinajstić information content (AvgIpc) is 2.77. The molecule has 1 N–H and O–H groups in total. The van der Waals surface area contributed by atoms with Crippen LogP contribution < -0.4 is 5.32 Å². The smallest absolute Gasteiger partial charge is 0.180 e. The van der Waals surface area contributed by atoms with Gasteiger partial charge in [0.1, 0.15) is 10.8 Å². The molecule has 4 nitrogen and oxygen atoms in total. The van der Waals surface area contributed by atoms with Crippen molar-refractivity contribution in [3.05, 3.63) is 34.4 Å². The first-order valence-electron chi connectivity index (χ1n) is 4.33. The SMILES string of the molecule is Cc1csc(CNCc2cnco2)n1. The normalized spacial score (nSPS) is 10.6. The molecule has 0 saturated carbocycles. The standard InChI is InChI=1S/C9H11N3OS/c1-7-5-14-9(12-7)4-10-2-8-3-11-6-13-8/h3,5-6,10H,2,4H2,1H3. The average molecular weight is 209 g/mol. The second-order valence-corrected chi connectivity index (χ2v) is 3.90. The highest BCUT2D eigenvalue weighted by atomic mass is 32.1. The van der Waals surface area contributed by atoms with Crippen molar-refractivity contribution in [2.24, 2.45) is 0 Å². The van der Waals surface area contributed by atoms with Gasteiger partial charge in [-0.05, 0) is 6.92 Å². The molecule has 5 heteroatoms. The van der Waals surface area contributed by atoms with Gasteiger partial charge in [-0.2, -0.15) is 0 Å². The predicted octanol–water partition coefficient (Wildman–Crippen LogP) is 1.73. The number of nitrogens with zero attached hydrogens (tertiary/aromatic N) is 2. The Balaban J connectivity index is 1.78. The van der Waals surface area contributed by atoms with Gasteiger partial charge in [-0.1, -0.05) is 0 Å². The van der Waals surface area contributed by atoms with E-state index in [0.29, 0.717) is 6.54 Å². The van der Waals surface area contributed by atoms with Crippen LogP contribution in [0.25, 0.3) is 0 Å². The predicted molar refractivity (Wildman–Crippen MR) is 53.9 cm³/mol. The van der Waals surface area contributed by atoms with Crippen molar-refractivity contribution in [1.29, 1.82) is 0 Å². The van der Waals surface area contributed by atoms with Crippen LogP contribution in [0.2, 0.25) is 0 Å². The number of oxazole rings is 1. The number of hydrogen-bond donors (Lipinski definition) is 1. The monoisotopic (exact) mass is 209 g/mol. The molecular weight excluding hydrogens is 198 g/mol. The lowest BCUT2D eigenvalue weighted by Gasteiger charge is -1.97. The number of thiazole rings is 1. The molecule has 2 rings (SSSR count). The molecule has 0 saturated heterocycles. The maximum atomic E-state index is 5.09. The summed E-state index contributed by atoms with van der Waals surface area (Å²) in [6, 6.07) is 0. The van der Waals surface area contributed by atoms with E-state index >= 15 is 0 Å². The van der Waals surface area contributed by atoms with Crippen molar-refractivity contribution in [2.75, 3.05) is 0 Å².